The molecule has 2 aromatic rings. The number of aliphatic hydroxyl groups excluding tert-OH is 1. The molecule has 0 bridgehead atoms. The van der Waals surface area contributed by atoms with E-state index in [2.05, 4.69) is 9.88 Å². The molecule has 2 N–H and O–H groups in total. The van der Waals surface area contributed by atoms with Gasteiger partial charge in [0.2, 0.25) is 0 Å². The zero-order valence-electron chi connectivity index (χ0n) is 20.1. The number of ketones is 1. The van der Waals surface area contributed by atoms with Gasteiger partial charge in [-0.25, -0.2) is 9.18 Å². The molecule has 1 fully saturated rings. The quantitative estimate of drug-likeness (QED) is 0.265. The van der Waals surface area contributed by atoms with Gasteiger partial charge in [-0.3, -0.25) is 9.59 Å². The van der Waals surface area contributed by atoms with Gasteiger partial charge in [0.05, 0.1) is 18.7 Å². The molecule has 1 amide bonds. The van der Waals surface area contributed by atoms with E-state index in [4.69, 9.17) is 4.74 Å². The van der Waals surface area contributed by atoms with Crippen molar-refractivity contribution in [1.82, 2.24) is 14.8 Å². The zero-order valence-corrected chi connectivity index (χ0v) is 20.1. The lowest BCUT2D eigenvalue weighted by molar-refractivity contribution is -0.140. The minimum Gasteiger partial charge on any atom is -0.507 e. The molecule has 1 aliphatic rings. The number of aliphatic hydroxyl groups is 1. The van der Waals surface area contributed by atoms with Crippen LogP contribution in [0.1, 0.15) is 52.8 Å². The number of halogens is 1. The van der Waals surface area contributed by atoms with Gasteiger partial charge in [0.1, 0.15) is 17.3 Å². The second kappa shape index (κ2) is 10.2. The van der Waals surface area contributed by atoms with Gasteiger partial charge in [0.25, 0.3) is 11.7 Å². The minimum atomic E-state index is -0.897. The standard InChI is InChI=1S/C25H30FN3O5/c1-6-28(7-2)12-13-29-21(16-8-10-17(26)11-9-16)19(23(31)24(29)32)22(30)18-14(3)20(25(33)34-5)27-15(18)4/h8-11,21,27,30H,6-7,12-13H2,1-5H3/b22-19+/t21-/m1/s1. The first-order valence-corrected chi connectivity index (χ1v) is 11.2. The minimum absolute atomic E-state index is 0.0993. The number of esters is 1. The van der Waals surface area contributed by atoms with Crippen molar-refractivity contribution in [2.45, 2.75) is 33.7 Å². The van der Waals surface area contributed by atoms with E-state index in [1.165, 1.54) is 36.3 Å². The van der Waals surface area contributed by atoms with Crippen LogP contribution >= 0.6 is 0 Å². The summed E-state index contributed by atoms with van der Waals surface area (Å²) in [7, 11) is 1.24. The van der Waals surface area contributed by atoms with E-state index in [0.29, 0.717) is 23.4 Å². The molecule has 1 aromatic heterocycles. The molecular weight excluding hydrogens is 441 g/mol. The molecule has 2 heterocycles. The first kappa shape index (κ1) is 25.2. The number of carbonyl (C=O) groups excluding carboxylic acids is 3. The number of likely N-dealkylation sites (N-methyl/N-ethyl adjacent to an activating group) is 1. The predicted octanol–water partition coefficient (Wildman–Crippen LogP) is 3.32. The Labute approximate surface area is 198 Å². The number of aromatic nitrogens is 1. The Morgan fingerprint density at radius 3 is 2.35 bits per heavy atom. The molecule has 1 aliphatic heterocycles. The van der Waals surface area contributed by atoms with Crippen molar-refractivity contribution < 1.29 is 28.6 Å². The summed E-state index contributed by atoms with van der Waals surface area (Å²) >= 11 is 0. The van der Waals surface area contributed by atoms with E-state index >= 15 is 0 Å². The molecule has 0 aliphatic carbocycles. The van der Waals surface area contributed by atoms with Crippen molar-refractivity contribution in [3.8, 4) is 0 Å². The predicted molar refractivity (Wildman–Crippen MR) is 125 cm³/mol. The number of hydrogen-bond donors (Lipinski definition) is 2. The van der Waals surface area contributed by atoms with Crippen LogP contribution in [0.25, 0.3) is 5.76 Å². The third-order valence-electron chi connectivity index (χ3n) is 6.34. The van der Waals surface area contributed by atoms with E-state index in [-0.39, 0.29) is 29.1 Å². The van der Waals surface area contributed by atoms with Gasteiger partial charge >= 0.3 is 5.97 Å². The monoisotopic (exact) mass is 471 g/mol. The number of aromatic amines is 1. The highest BCUT2D eigenvalue weighted by molar-refractivity contribution is 6.46. The molecule has 0 unspecified atom stereocenters. The fraction of sp³-hybridized carbons (Fsp3) is 0.400. The number of hydrogen-bond acceptors (Lipinski definition) is 6. The average molecular weight is 472 g/mol. The fourth-order valence-electron chi connectivity index (χ4n) is 4.44. The summed E-state index contributed by atoms with van der Waals surface area (Å²) in [5.74, 6) is -3.02. The topological polar surface area (TPSA) is 103 Å². The van der Waals surface area contributed by atoms with Crippen molar-refractivity contribution in [3.63, 3.8) is 0 Å². The second-order valence-electron chi connectivity index (χ2n) is 8.19. The van der Waals surface area contributed by atoms with Crippen LogP contribution in [-0.4, -0.2) is 70.8 Å². The van der Waals surface area contributed by atoms with Crippen LogP contribution in [-0.2, 0) is 14.3 Å². The fourth-order valence-corrected chi connectivity index (χ4v) is 4.44. The summed E-state index contributed by atoms with van der Waals surface area (Å²) in [6.07, 6.45) is 0. The van der Waals surface area contributed by atoms with Crippen molar-refractivity contribution in [1.29, 1.82) is 0 Å². The molecule has 1 saturated heterocycles. The average Bonchev–Trinajstić information content (AvgIpc) is 3.26. The highest BCUT2D eigenvalue weighted by atomic mass is 19.1. The van der Waals surface area contributed by atoms with E-state index in [1.807, 2.05) is 13.8 Å². The Kier molecular flexibility index (Phi) is 7.56. The molecule has 182 valence electrons. The number of benzene rings is 1. The van der Waals surface area contributed by atoms with Crippen LogP contribution < -0.4 is 0 Å². The summed E-state index contributed by atoms with van der Waals surface area (Å²) in [6.45, 7) is 9.62. The molecule has 1 atom stereocenters. The van der Waals surface area contributed by atoms with Crippen molar-refractivity contribution in [3.05, 3.63) is 63.7 Å². The third kappa shape index (κ3) is 4.48. The number of likely N-dealkylation sites (tertiary alicyclic amines) is 1. The lowest BCUT2D eigenvalue weighted by Crippen LogP contribution is -2.38. The lowest BCUT2D eigenvalue weighted by atomic mass is 9.94. The first-order chi connectivity index (χ1) is 16.2. The van der Waals surface area contributed by atoms with Crippen LogP contribution in [0.2, 0.25) is 0 Å². The SMILES string of the molecule is CCN(CC)CCN1C(=O)C(=O)/C(=C(/O)c2c(C)[nH]c(C(=O)OC)c2C)[C@H]1c1ccc(F)cc1. The number of rotatable bonds is 8. The number of H-pyrrole nitrogens is 1. The van der Waals surface area contributed by atoms with E-state index in [0.717, 1.165) is 13.1 Å². The van der Waals surface area contributed by atoms with Gasteiger partial charge in [-0.2, -0.15) is 0 Å². The van der Waals surface area contributed by atoms with Gasteiger partial charge in [-0.1, -0.05) is 26.0 Å². The Morgan fingerprint density at radius 2 is 1.79 bits per heavy atom. The summed E-state index contributed by atoms with van der Waals surface area (Å²) in [6, 6.07) is 4.61. The maximum absolute atomic E-state index is 13.6. The normalized spacial score (nSPS) is 17.6. The number of ether oxygens (including phenoxy) is 1. The van der Waals surface area contributed by atoms with E-state index < -0.39 is 29.5 Å². The summed E-state index contributed by atoms with van der Waals surface area (Å²) in [4.78, 5) is 44.8. The molecule has 3 rings (SSSR count). The molecule has 8 nitrogen and oxygen atoms in total. The lowest BCUT2D eigenvalue weighted by Gasteiger charge is -2.28. The first-order valence-electron chi connectivity index (χ1n) is 11.2. The Bertz CT molecular complexity index is 1130. The molecule has 0 saturated carbocycles. The zero-order chi connectivity index (χ0) is 25.2. The van der Waals surface area contributed by atoms with Gasteiger partial charge in [0.15, 0.2) is 0 Å². The van der Waals surface area contributed by atoms with Crippen molar-refractivity contribution >= 4 is 23.4 Å². The third-order valence-corrected chi connectivity index (χ3v) is 6.34. The van der Waals surface area contributed by atoms with Crippen LogP contribution in [0.15, 0.2) is 29.8 Å². The number of aryl methyl sites for hydroxylation is 1. The molecule has 0 spiro atoms. The van der Waals surface area contributed by atoms with Crippen LogP contribution in [0.3, 0.4) is 0 Å². The summed E-state index contributed by atoms with van der Waals surface area (Å²) in [5.41, 5.74) is 1.65. The van der Waals surface area contributed by atoms with Gasteiger partial charge < -0.3 is 24.6 Å². The van der Waals surface area contributed by atoms with E-state index in [9.17, 15) is 23.9 Å². The van der Waals surface area contributed by atoms with Crippen molar-refractivity contribution in [2.75, 3.05) is 33.3 Å². The van der Waals surface area contributed by atoms with Crippen LogP contribution in [0.5, 0.6) is 0 Å². The highest BCUT2D eigenvalue weighted by Crippen LogP contribution is 2.40. The Hall–Kier alpha value is -3.46. The largest absolute Gasteiger partial charge is 0.507 e. The number of amides is 1. The molecule has 9 heteroatoms. The molecular formula is C25H30FN3O5. The van der Waals surface area contributed by atoms with Crippen molar-refractivity contribution in [2.24, 2.45) is 0 Å². The van der Waals surface area contributed by atoms with Crippen LogP contribution in [0, 0.1) is 19.7 Å². The maximum Gasteiger partial charge on any atom is 0.354 e. The highest BCUT2D eigenvalue weighted by Gasteiger charge is 2.46. The number of carbonyl (C=O) groups is 3. The molecule has 0 radical (unpaired) electrons. The number of nitrogens with zero attached hydrogens (tertiary/aromatic N) is 2. The smallest absolute Gasteiger partial charge is 0.354 e. The van der Waals surface area contributed by atoms with Gasteiger partial charge in [-0.05, 0) is 50.2 Å². The summed E-state index contributed by atoms with van der Waals surface area (Å²) < 4.78 is 18.4. The molecule has 34 heavy (non-hydrogen) atoms. The van der Waals surface area contributed by atoms with Gasteiger partial charge in [0, 0.05) is 24.3 Å². The Balaban J connectivity index is 2.17. The van der Waals surface area contributed by atoms with Crippen LogP contribution in [0.4, 0.5) is 4.39 Å². The second-order valence-corrected chi connectivity index (χ2v) is 8.19. The molecule has 1 aromatic carbocycles. The Morgan fingerprint density at radius 1 is 1.18 bits per heavy atom. The summed E-state index contributed by atoms with van der Waals surface area (Å²) in [5, 5.41) is 11.3. The number of methoxy groups -OCH3 is 1. The maximum atomic E-state index is 13.6. The number of Topliss-reactive ketones (excluding diaryl/α,β-unsaturated/α-hetero) is 1. The van der Waals surface area contributed by atoms with Gasteiger partial charge in [-0.15, -0.1) is 0 Å². The van der Waals surface area contributed by atoms with E-state index in [1.54, 1.807) is 13.8 Å². The number of nitrogens with one attached hydrogen (secondary N) is 1.